The maximum Gasteiger partial charge on any atom is 0.248 e. The Labute approximate surface area is 162 Å². The first-order valence-corrected chi connectivity index (χ1v) is 8.60. The van der Waals surface area contributed by atoms with Crippen LogP contribution in [0.15, 0.2) is 48.5 Å². The van der Waals surface area contributed by atoms with Gasteiger partial charge >= 0.3 is 0 Å². The first-order chi connectivity index (χ1) is 12.3. The summed E-state index contributed by atoms with van der Waals surface area (Å²) < 4.78 is -0.625. The van der Waals surface area contributed by atoms with Crippen LogP contribution in [-0.4, -0.2) is 26.2 Å². The molecule has 1 heterocycles. The Kier molecular flexibility index (Phi) is 3.84. The molecular weight excluding hydrogens is 399 g/mol. The third kappa shape index (κ3) is 2.51. The van der Waals surface area contributed by atoms with Gasteiger partial charge in [-0.3, -0.25) is 14.2 Å². The zero-order chi connectivity index (χ0) is 18.6. The van der Waals surface area contributed by atoms with Crippen molar-refractivity contribution in [2.24, 2.45) is 0 Å². The van der Waals surface area contributed by atoms with Gasteiger partial charge in [-0.15, -0.1) is 0 Å². The fourth-order valence-electron chi connectivity index (χ4n) is 2.97. The van der Waals surface area contributed by atoms with Gasteiger partial charge in [-0.1, -0.05) is 59.1 Å². The molecule has 26 heavy (non-hydrogen) atoms. The SMILES string of the molecule is O=C1c2ccccc2C(=O)c2c1nc(C(Cl)(Cl)Cl)n2-c1ccc(O)cc1. The summed E-state index contributed by atoms with van der Waals surface area (Å²) in [5, 5.41) is 9.52. The third-order valence-corrected chi connectivity index (χ3v) is 4.59. The van der Waals surface area contributed by atoms with E-state index in [9.17, 15) is 14.7 Å². The second-order valence-corrected chi connectivity index (χ2v) is 7.97. The number of hydrogen-bond donors (Lipinski definition) is 1. The lowest BCUT2D eigenvalue weighted by Gasteiger charge is -2.18. The normalized spacial score (nSPS) is 13.5. The molecule has 1 aliphatic rings. The molecule has 0 bridgehead atoms. The molecule has 130 valence electrons. The molecule has 0 spiro atoms. The third-order valence-electron chi connectivity index (χ3n) is 4.09. The van der Waals surface area contributed by atoms with Gasteiger partial charge in [0.25, 0.3) is 0 Å². The van der Waals surface area contributed by atoms with E-state index in [1.54, 1.807) is 24.3 Å². The fraction of sp³-hybridized carbons (Fsp3) is 0.0556. The monoisotopic (exact) mass is 406 g/mol. The summed E-state index contributed by atoms with van der Waals surface area (Å²) in [6, 6.07) is 12.4. The van der Waals surface area contributed by atoms with Crippen LogP contribution >= 0.6 is 34.8 Å². The van der Waals surface area contributed by atoms with E-state index >= 15 is 0 Å². The van der Waals surface area contributed by atoms with Crippen LogP contribution in [0.2, 0.25) is 0 Å². The number of rotatable bonds is 1. The summed E-state index contributed by atoms with van der Waals surface area (Å²) in [5.41, 5.74) is 0.916. The second kappa shape index (κ2) is 5.84. The summed E-state index contributed by atoms with van der Waals surface area (Å²) >= 11 is 18.1. The van der Waals surface area contributed by atoms with E-state index in [1.807, 2.05) is 0 Å². The minimum atomic E-state index is -1.97. The van der Waals surface area contributed by atoms with E-state index < -0.39 is 15.4 Å². The second-order valence-electron chi connectivity index (χ2n) is 5.69. The minimum Gasteiger partial charge on any atom is -0.508 e. The number of phenols is 1. The van der Waals surface area contributed by atoms with Crippen LogP contribution in [0.3, 0.4) is 0 Å². The highest BCUT2D eigenvalue weighted by atomic mass is 35.6. The molecule has 5 nitrogen and oxygen atoms in total. The topological polar surface area (TPSA) is 72.2 Å². The molecule has 0 atom stereocenters. The van der Waals surface area contributed by atoms with Crippen molar-refractivity contribution in [1.82, 2.24) is 9.55 Å². The van der Waals surface area contributed by atoms with Crippen LogP contribution in [0.4, 0.5) is 0 Å². The van der Waals surface area contributed by atoms with Crippen molar-refractivity contribution in [2.45, 2.75) is 3.79 Å². The number of aromatic nitrogens is 2. The summed E-state index contributed by atoms with van der Waals surface area (Å²) in [6.45, 7) is 0. The summed E-state index contributed by atoms with van der Waals surface area (Å²) in [5.74, 6) is -0.849. The Balaban J connectivity index is 2.06. The lowest BCUT2D eigenvalue weighted by Crippen LogP contribution is -2.23. The number of phenolic OH excluding ortho intramolecular Hbond substituents is 1. The highest BCUT2D eigenvalue weighted by molar-refractivity contribution is 6.66. The fourth-order valence-corrected chi connectivity index (χ4v) is 3.35. The van der Waals surface area contributed by atoms with Crippen molar-refractivity contribution in [3.63, 3.8) is 0 Å². The Morgan fingerprint density at radius 3 is 2.04 bits per heavy atom. The highest BCUT2D eigenvalue weighted by Gasteiger charge is 2.40. The zero-order valence-electron chi connectivity index (χ0n) is 12.9. The maximum absolute atomic E-state index is 13.1. The summed E-state index contributed by atoms with van der Waals surface area (Å²) in [6.07, 6.45) is 0. The average Bonchev–Trinajstić information content (AvgIpc) is 3.02. The predicted octanol–water partition coefficient (Wildman–Crippen LogP) is 4.18. The largest absolute Gasteiger partial charge is 0.508 e. The van der Waals surface area contributed by atoms with Crippen molar-refractivity contribution in [1.29, 1.82) is 0 Å². The van der Waals surface area contributed by atoms with Crippen LogP contribution in [0.25, 0.3) is 5.69 Å². The standard InChI is InChI=1S/C18H9Cl3N2O3/c19-18(20,21)17-22-13-14(23(17)9-5-7-10(24)8-6-9)16(26)12-4-2-1-3-11(12)15(13)25/h1-8,24H. The molecule has 1 aromatic heterocycles. The number of fused-ring (bicyclic) bond motifs is 2. The van der Waals surface area contributed by atoms with Crippen LogP contribution in [0.1, 0.15) is 37.9 Å². The van der Waals surface area contributed by atoms with E-state index in [1.165, 1.54) is 28.8 Å². The average molecular weight is 408 g/mol. The lowest BCUT2D eigenvalue weighted by molar-refractivity contribution is 0.0972. The van der Waals surface area contributed by atoms with Crippen molar-refractivity contribution >= 4 is 46.4 Å². The summed E-state index contributed by atoms with van der Waals surface area (Å²) in [7, 11) is 0. The van der Waals surface area contributed by atoms with Gasteiger partial charge in [0, 0.05) is 16.8 Å². The molecule has 3 aromatic rings. The molecule has 0 unspecified atom stereocenters. The maximum atomic E-state index is 13.1. The molecule has 0 radical (unpaired) electrons. The number of alkyl halides is 3. The number of nitrogens with zero attached hydrogens (tertiary/aromatic N) is 2. The zero-order valence-corrected chi connectivity index (χ0v) is 15.2. The minimum absolute atomic E-state index is 0.0284. The van der Waals surface area contributed by atoms with E-state index in [2.05, 4.69) is 4.98 Å². The number of imidazole rings is 1. The van der Waals surface area contributed by atoms with Gasteiger partial charge < -0.3 is 5.11 Å². The Bertz CT molecular complexity index is 1070. The van der Waals surface area contributed by atoms with Crippen LogP contribution in [0.5, 0.6) is 5.75 Å². The van der Waals surface area contributed by atoms with Crippen molar-refractivity contribution in [3.05, 3.63) is 76.9 Å². The highest BCUT2D eigenvalue weighted by Crippen LogP contribution is 2.41. The van der Waals surface area contributed by atoms with Crippen LogP contribution in [-0.2, 0) is 3.79 Å². The van der Waals surface area contributed by atoms with E-state index in [0.717, 1.165) is 0 Å². The number of aromatic hydroxyl groups is 1. The number of carbonyl (C=O) groups is 2. The first-order valence-electron chi connectivity index (χ1n) is 7.47. The molecule has 0 saturated carbocycles. The molecule has 1 aliphatic carbocycles. The van der Waals surface area contributed by atoms with Gasteiger partial charge in [-0.05, 0) is 24.3 Å². The first kappa shape index (κ1) is 17.1. The number of carbonyl (C=O) groups excluding carboxylic acids is 2. The molecule has 8 heteroatoms. The van der Waals surface area contributed by atoms with Crippen molar-refractivity contribution in [2.75, 3.05) is 0 Å². The molecule has 2 aromatic carbocycles. The van der Waals surface area contributed by atoms with Gasteiger partial charge in [0.2, 0.25) is 15.4 Å². The number of halogens is 3. The number of ketones is 2. The van der Waals surface area contributed by atoms with Crippen molar-refractivity contribution in [3.8, 4) is 11.4 Å². The number of hydrogen-bond acceptors (Lipinski definition) is 4. The molecule has 0 saturated heterocycles. The van der Waals surface area contributed by atoms with Crippen molar-refractivity contribution < 1.29 is 14.7 Å². The summed E-state index contributed by atoms with van der Waals surface area (Å²) in [4.78, 5) is 30.1. The van der Waals surface area contributed by atoms with Gasteiger partial charge in [0.15, 0.2) is 5.82 Å². The molecule has 1 N–H and O–H groups in total. The molecule has 0 amide bonds. The van der Waals surface area contributed by atoms with E-state index in [-0.39, 0.29) is 34.1 Å². The number of benzene rings is 2. The van der Waals surface area contributed by atoms with Gasteiger partial charge in [-0.2, -0.15) is 0 Å². The Morgan fingerprint density at radius 1 is 0.885 bits per heavy atom. The molecule has 0 aliphatic heterocycles. The predicted molar refractivity (Wildman–Crippen MR) is 97.8 cm³/mol. The van der Waals surface area contributed by atoms with E-state index in [0.29, 0.717) is 5.69 Å². The van der Waals surface area contributed by atoms with Crippen LogP contribution < -0.4 is 0 Å². The Hall–Kier alpha value is -2.34. The Morgan fingerprint density at radius 2 is 1.46 bits per heavy atom. The molecular formula is C18H9Cl3N2O3. The van der Waals surface area contributed by atoms with Crippen LogP contribution in [0, 0.1) is 0 Å². The molecule has 0 fully saturated rings. The molecule has 4 rings (SSSR count). The van der Waals surface area contributed by atoms with Gasteiger partial charge in [-0.25, -0.2) is 4.98 Å². The van der Waals surface area contributed by atoms with Gasteiger partial charge in [0.05, 0.1) is 0 Å². The smallest absolute Gasteiger partial charge is 0.248 e. The van der Waals surface area contributed by atoms with E-state index in [4.69, 9.17) is 34.8 Å². The van der Waals surface area contributed by atoms with Gasteiger partial charge in [0.1, 0.15) is 17.1 Å². The quantitative estimate of drug-likeness (QED) is 0.480. The lowest BCUT2D eigenvalue weighted by atomic mass is 9.90.